The average molecular weight is 338 g/mol. The van der Waals surface area contributed by atoms with Crippen molar-refractivity contribution >= 4 is 8.32 Å². The summed E-state index contributed by atoms with van der Waals surface area (Å²) in [7, 11) is -1.91. The summed E-state index contributed by atoms with van der Waals surface area (Å²) in [6.45, 7) is 14.8. The Kier molecular flexibility index (Phi) is 6.03. The van der Waals surface area contributed by atoms with Gasteiger partial charge in [0.15, 0.2) is 0 Å². The van der Waals surface area contributed by atoms with Crippen LogP contribution < -0.4 is 5.32 Å². The summed E-state index contributed by atoms with van der Waals surface area (Å²) in [4.78, 5) is 0. The van der Waals surface area contributed by atoms with Crippen LogP contribution in [0.4, 0.5) is 4.39 Å². The summed E-state index contributed by atoms with van der Waals surface area (Å²) in [5.41, 5.74) is 2.70. The molecule has 1 aliphatic rings. The maximum Gasteiger partial charge on any atom is 0.200 e. The highest BCUT2D eigenvalue weighted by Crippen LogP contribution is 2.45. The number of nitrogens with one attached hydrogen (secondary N) is 1. The van der Waals surface area contributed by atoms with Crippen molar-refractivity contribution < 1.29 is 8.82 Å². The summed E-state index contributed by atoms with van der Waals surface area (Å²) in [6, 6.07) is 7.05. The fourth-order valence-electron chi connectivity index (χ4n) is 4.51. The molecule has 1 unspecified atom stereocenters. The highest BCUT2D eigenvalue weighted by Gasteiger charge is 2.48. The first kappa shape index (κ1) is 18.6. The minimum atomic E-state index is -1.91. The lowest BCUT2D eigenvalue weighted by Crippen LogP contribution is -2.51. The van der Waals surface area contributed by atoms with Gasteiger partial charge in [0.2, 0.25) is 8.32 Å². The number of halogens is 1. The van der Waals surface area contributed by atoms with E-state index in [4.69, 9.17) is 4.43 Å². The smallest absolute Gasteiger partial charge is 0.200 e. The van der Waals surface area contributed by atoms with Gasteiger partial charge in [0, 0.05) is 0 Å². The maximum atomic E-state index is 13.6. The van der Waals surface area contributed by atoms with Crippen molar-refractivity contribution in [3.8, 4) is 0 Å². The predicted octanol–water partition coefficient (Wildman–Crippen LogP) is 5.42. The zero-order valence-corrected chi connectivity index (χ0v) is 16.4. The van der Waals surface area contributed by atoms with Crippen LogP contribution in [0, 0.1) is 5.82 Å². The third kappa shape index (κ3) is 3.70. The Morgan fingerprint density at radius 2 is 1.70 bits per heavy atom. The lowest BCUT2D eigenvalue weighted by atomic mass is 10.0. The van der Waals surface area contributed by atoms with Gasteiger partial charge in [0.25, 0.3) is 0 Å². The number of hydrogen-bond acceptors (Lipinski definition) is 2. The van der Waals surface area contributed by atoms with Crippen LogP contribution in [0.3, 0.4) is 0 Å². The summed E-state index contributed by atoms with van der Waals surface area (Å²) in [5, 5.41) is 3.52. The van der Waals surface area contributed by atoms with Crippen LogP contribution in [-0.2, 0) is 4.43 Å². The lowest BCUT2D eigenvalue weighted by molar-refractivity contribution is 0.159. The molecule has 0 amide bonds. The molecule has 1 N–H and O–H groups in total. The van der Waals surface area contributed by atoms with Crippen LogP contribution >= 0.6 is 0 Å². The molecule has 2 rings (SSSR count). The fraction of sp³-hybridized carbons (Fsp3) is 0.684. The van der Waals surface area contributed by atoms with Crippen LogP contribution in [0.1, 0.15) is 59.6 Å². The topological polar surface area (TPSA) is 21.3 Å². The summed E-state index contributed by atoms with van der Waals surface area (Å²) in [5.74, 6) is -0.171. The number of benzene rings is 1. The van der Waals surface area contributed by atoms with Crippen LogP contribution in [0.2, 0.25) is 16.6 Å². The second-order valence-corrected chi connectivity index (χ2v) is 13.2. The SMILES string of the molecule is CC(C)[Si](O[C@H]1CCNC1c1cccc(F)c1)(C(C)C)C(C)C. The Morgan fingerprint density at radius 1 is 1.09 bits per heavy atom. The van der Waals surface area contributed by atoms with Crippen LogP contribution in [0.5, 0.6) is 0 Å². The molecule has 2 nitrogen and oxygen atoms in total. The lowest BCUT2D eigenvalue weighted by Gasteiger charge is -2.45. The molecule has 130 valence electrons. The molecule has 0 aromatic heterocycles. The van der Waals surface area contributed by atoms with Gasteiger partial charge in [-0.05, 0) is 47.3 Å². The number of rotatable bonds is 6. The van der Waals surface area contributed by atoms with E-state index in [1.165, 1.54) is 6.07 Å². The molecule has 4 heteroatoms. The van der Waals surface area contributed by atoms with E-state index in [0.29, 0.717) is 16.6 Å². The van der Waals surface area contributed by atoms with E-state index in [-0.39, 0.29) is 18.0 Å². The Hall–Kier alpha value is -0.713. The van der Waals surface area contributed by atoms with Crippen LogP contribution in [0.25, 0.3) is 0 Å². The first-order valence-corrected chi connectivity index (χ1v) is 11.1. The van der Waals surface area contributed by atoms with E-state index in [1.54, 1.807) is 12.1 Å². The quantitative estimate of drug-likeness (QED) is 0.700. The van der Waals surface area contributed by atoms with E-state index in [1.807, 2.05) is 6.07 Å². The van der Waals surface area contributed by atoms with Crippen molar-refractivity contribution in [2.45, 2.75) is 76.7 Å². The minimum Gasteiger partial charge on any atom is -0.411 e. The average Bonchev–Trinajstić information content (AvgIpc) is 2.91. The first-order valence-electron chi connectivity index (χ1n) is 8.95. The van der Waals surface area contributed by atoms with Gasteiger partial charge in [-0.3, -0.25) is 0 Å². The molecule has 2 atom stereocenters. The van der Waals surface area contributed by atoms with E-state index in [0.717, 1.165) is 18.5 Å². The van der Waals surface area contributed by atoms with E-state index in [2.05, 4.69) is 46.9 Å². The van der Waals surface area contributed by atoms with Crippen molar-refractivity contribution in [1.29, 1.82) is 0 Å². The Balaban J connectivity index is 2.28. The molecule has 0 aliphatic carbocycles. The van der Waals surface area contributed by atoms with Crippen LogP contribution in [0.15, 0.2) is 24.3 Å². The third-order valence-electron chi connectivity index (χ3n) is 5.44. The fourth-order valence-corrected chi connectivity index (χ4v) is 10.1. The predicted molar refractivity (Wildman–Crippen MR) is 97.7 cm³/mol. The molecule has 23 heavy (non-hydrogen) atoms. The summed E-state index contributed by atoms with van der Waals surface area (Å²) in [6.07, 6.45) is 1.15. The van der Waals surface area contributed by atoms with Crippen molar-refractivity contribution in [3.63, 3.8) is 0 Å². The zero-order chi connectivity index (χ0) is 17.2. The molecule has 0 spiro atoms. The van der Waals surface area contributed by atoms with Gasteiger partial charge in [-0.2, -0.15) is 0 Å². The highest BCUT2D eigenvalue weighted by atomic mass is 28.4. The monoisotopic (exact) mass is 337 g/mol. The molecule has 1 aromatic rings. The molecule has 1 aliphatic heterocycles. The van der Waals surface area contributed by atoms with Gasteiger partial charge < -0.3 is 9.74 Å². The largest absolute Gasteiger partial charge is 0.411 e. The Labute approximate surface area is 142 Å². The standard InChI is InChI=1S/C19H32FNOSi/c1-13(2)23(14(3)4,15(5)6)22-18-10-11-21-19(18)16-8-7-9-17(20)12-16/h7-9,12-15,18-19,21H,10-11H2,1-6H3/t18-,19?/m0/s1. The molecule has 1 saturated heterocycles. The molecule has 1 fully saturated rings. The molecule has 0 radical (unpaired) electrons. The van der Waals surface area contributed by atoms with Crippen molar-refractivity contribution in [1.82, 2.24) is 5.32 Å². The maximum absolute atomic E-state index is 13.6. The third-order valence-corrected chi connectivity index (χ3v) is 11.6. The Bertz CT molecular complexity index is 496. The summed E-state index contributed by atoms with van der Waals surface area (Å²) < 4.78 is 20.6. The zero-order valence-electron chi connectivity index (χ0n) is 15.4. The van der Waals surface area contributed by atoms with Gasteiger partial charge in [0.1, 0.15) is 5.82 Å². The van der Waals surface area contributed by atoms with Gasteiger partial charge in [-0.1, -0.05) is 53.7 Å². The first-order chi connectivity index (χ1) is 10.8. The molecule has 0 saturated carbocycles. The summed E-state index contributed by atoms with van der Waals surface area (Å²) >= 11 is 0. The van der Waals surface area contributed by atoms with E-state index >= 15 is 0 Å². The Morgan fingerprint density at radius 3 is 2.22 bits per heavy atom. The molecule has 0 bridgehead atoms. The van der Waals surface area contributed by atoms with E-state index < -0.39 is 8.32 Å². The van der Waals surface area contributed by atoms with Crippen molar-refractivity contribution in [2.24, 2.45) is 0 Å². The second-order valence-electron chi connectivity index (χ2n) is 7.75. The molecular formula is C19H32FNOSi. The van der Waals surface area contributed by atoms with Gasteiger partial charge in [-0.15, -0.1) is 0 Å². The van der Waals surface area contributed by atoms with E-state index in [9.17, 15) is 4.39 Å². The van der Waals surface area contributed by atoms with Gasteiger partial charge >= 0.3 is 0 Å². The highest BCUT2D eigenvalue weighted by molar-refractivity contribution is 6.77. The normalized spacial score (nSPS) is 22.5. The molecule has 1 heterocycles. The van der Waals surface area contributed by atoms with Crippen LogP contribution in [-0.4, -0.2) is 21.0 Å². The molecular weight excluding hydrogens is 305 g/mol. The van der Waals surface area contributed by atoms with Crippen molar-refractivity contribution in [2.75, 3.05) is 6.54 Å². The number of hydrogen-bond donors (Lipinski definition) is 1. The van der Waals surface area contributed by atoms with Gasteiger partial charge in [-0.25, -0.2) is 4.39 Å². The minimum absolute atomic E-state index is 0.105. The van der Waals surface area contributed by atoms with Gasteiger partial charge in [0.05, 0.1) is 12.1 Å². The molecule has 1 aromatic carbocycles. The van der Waals surface area contributed by atoms with Crippen molar-refractivity contribution in [3.05, 3.63) is 35.6 Å². The second kappa shape index (κ2) is 7.45.